The number of anilines is 2. The third-order valence-electron chi connectivity index (χ3n) is 4.27. The Morgan fingerprint density at radius 3 is 2.48 bits per heavy atom. The van der Waals surface area contributed by atoms with Gasteiger partial charge in [0.25, 0.3) is 0 Å². The van der Waals surface area contributed by atoms with Gasteiger partial charge in [-0.05, 0) is 30.2 Å². The van der Waals surface area contributed by atoms with E-state index >= 15 is 0 Å². The number of nitrogens with two attached hydrogens (primary N) is 1. The summed E-state index contributed by atoms with van der Waals surface area (Å²) < 4.78 is 0. The lowest BCUT2D eigenvalue weighted by atomic mass is 10.1. The molecule has 120 valence electrons. The third kappa shape index (κ3) is 3.80. The Balaban J connectivity index is 1.50. The maximum absolute atomic E-state index is 12.4. The molecule has 1 aromatic carbocycles. The topological polar surface area (TPSA) is 62.5 Å². The van der Waals surface area contributed by atoms with E-state index in [1.165, 1.54) is 0 Å². The Kier molecular flexibility index (Phi) is 4.76. The van der Waals surface area contributed by atoms with Gasteiger partial charge in [-0.25, -0.2) is 4.98 Å². The summed E-state index contributed by atoms with van der Waals surface area (Å²) in [4.78, 5) is 20.9. The van der Waals surface area contributed by atoms with Crippen molar-refractivity contribution in [3.63, 3.8) is 0 Å². The van der Waals surface area contributed by atoms with E-state index in [2.05, 4.69) is 9.88 Å². The first-order chi connectivity index (χ1) is 11.2. The Labute approximate surface area is 136 Å². The lowest BCUT2D eigenvalue weighted by Crippen LogP contribution is -2.49. The van der Waals surface area contributed by atoms with Crippen molar-refractivity contribution in [3.8, 4) is 0 Å². The number of hydrogen-bond donors (Lipinski definition) is 1. The fourth-order valence-electron chi connectivity index (χ4n) is 2.89. The van der Waals surface area contributed by atoms with Gasteiger partial charge in [-0.15, -0.1) is 0 Å². The quantitative estimate of drug-likeness (QED) is 0.877. The van der Waals surface area contributed by atoms with Crippen LogP contribution in [0.2, 0.25) is 0 Å². The van der Waals surface area contributed by atoms with Gasteiger partial charge >= 0.3 is 0 Å². The van der Waals surface area contributed by atoms with Gasteiger partial charge in [0.1, 0.15) is 5.82 Å². The number of nitrogens with zero attached hydrogens (tertiary/aromatic N) is 3. The Morgan fingerprint density at radius 2 is 1.78 bits per heavy atom. The van der Waals surface area contributed by atoms with E-state index < -0.39 is 0 Å². The summed E-state index contributed by atoms with van der Waals surface area (Å²) in [5, 5.41) is 0. The number of amides is 1. The number of aromatic nitrogens is 1. The fraction of sp³-hybridized carbons (Fsp3) is 0.333. The molecule has 1 aromatic heterocycles. The van der Waals surface area contributed by atoms with Crippen LogP contribution in [0.5, 0.6) is 0 Å². The maximum atomic E-state index is 12.4. The Hall–Kier alpha value is -2.56. The van der Waals surface area contributed by atoms with E-state index in [0.29, 0.717) is 12.8 Å². The minimum Gasteiger partial charge on any atom is -0.399 e. The van der Waals surface area contributed by atoms with Gasteiger partial charge in [0.15, 0.2) is 0 Å². The number of benzene rings is 1. The molecule has 1 saturated heterocycles. The maximum Gasteiger partial charge on any atom is 0.223 e. The first kappa shape index (κ1) is 15.3. The standard InChI is InChI=1S/C18H22N4O/c19-16-6-2-1-5-15(16)8-9-18(23)22-13-11-21(12-14-22)17-7-3-4-10-20-17/h1-7,10H,8-9,11-14,19H2. The van der Waals surface area contributed by atoms with Crippen LogP contribution in [0.3, 0.4) is 0 Å². The fourth-order valence-corrected chi connectivity index (χ4v) is 2.89. The van der Waals surface area contributed by atoms with Crippen molar-refractivity contribution in [2.24, 2.45) is 0 Å². The summed E-state index contributed by atoms with van der Waals surface area (Å²) >= 11 is 0. The zero-order valence-corrected chi connectivity index (χ0v) is 13.2. The summed E-state index contributed by atoms with van der Waals surface area (Å²) in [6.07, 6.45) is 3.01. The molecule has 5 heteroatoms. The lowest BCUT2D eigenvalue weighted by Gasteiger charge is -2.35. The predicted octanol–water partition coefficient (Wildman–Crippen LogP) is 1.95. The molecule has 1 aliphatic heterocycles. The number of rotatable bonds is 4. The summed E-state index contributed by atoms with van der Waals surface area (Å²) in [5.74, 6) is 1.19. The molecule has 0 unspecified atom stereocenters. The van der Waals surface area contributed by atoms with Gasteiger partial charge in [-0.2, -0.15) is 0 Å². The number of carbonyl (C=O) groups excluding carboxylic acids is 1. The second kappa shape index (κ2) is 7.13. The molecule has 1 amide bonds. The van der Waals surface area contributed by atoms with Gasteiger partial charge in [0.05, 0.1) is 0 Å². The minimum atomic E-state index is 0.203. The van der Waals surface area contributed by atoms with E-state index in [0.717, 1.165) is 43.2 Å². The molecule has 2 aromatic rings. The molecular formula is C18H22N4O. The predicted molar refractivity (Wildman–Crippen MR) is 92.2 cm³/mol. The number of nitrogen functional groups attached to an aromatic ring is 1. The van der Waals surface area contributed by atoms with E-state index in [1.807, 2.05) is 47.4 Å². The Bertz CT molecular complexity index is 651. The highest BCUT2D eigenvalue weighted by molar-refractivity contribution is 5.77. The molecule has 2 N–H and O–H groups in total. The van der Waals surface area contributed by atoms with Crippen LogP contribution in [0, 0.1) is 0 Å². The molecule has 2 heterocycles. The smallest absolute Gasteiger partial charge is 0.223 e. The highest BCUT2D eigenvalue weighted by Crippen LogP contribution is 2.16. The zero-order chi connectivity index (χ0) is 16.1. The first-order valence-corrected chi connectivity index (χ1v) is 8.01. The molecule has 3 rings (SSSR count). The van der Waals surface area contributed by atoms with Crippen LogP contribution in [-0.2, 0) is 11.2 Å². The third-order valence-corrected chi connectivity index (χ3v) is 4.27. The molecule has 1 aliphatic rings. The van der Waals surface area contributed by atoms with Crippen LogP contribution in [0.15, 0.2) is 48.7 Å². The molecule has 0 atom stereocenters. The number of pyridine rings is 1. The second-order valence-corrected chi connectivity index (χ2v) is 5.75. The van der Waals surface area contributed by atoms with Crippen LogP contribution in [-0.4, -0.2) is 42.0 Å². The molecule has 0 spiro atoms. The van der Waals surface area contributed by atoms with Crippen LogP contribution in [0.4, 0.5) is 11.5 Å². The average Bonchev–Trinajstić information content (AvgIpc) is 2.62. The van der Waals surface area contributed by atoms with E-state index in [1.54, 1.807) is 6.20 Å². The van der Waals surface area contributed by atoms with Crippen molar-refractivity contribution < 1.29 is 4.79 Å². The number of hydrogen-bond acceptors (Lipinski definition) is 4. The summed E-state index contributed by atoms with van der Waals surface area (Å²) in [6, 6.07) is 13.7. The molecule has 0 saturated carbocycles. The zero-order valence-electron chi connectivity index (χ0n) is 13.2. The van der Waals surface area contributed by atoms with Crippen molar-refractivity contribution in [1.82, 2.24) is 9.88 Å². The molecule has 0 bridgehead atoms. The van der Waals surface area contributed by atoms with Crippen molar-refractivity contribution in [3.05, 3.63) is 54.2 Å². The number of piperazine rings is 1. The molecule has 0 radical (unpaired) electrons. The van der Waals surface area contributed by atoms with Gasteiger partial charge in [-0.1, -0.05) is 24.3 Å². The van der Waals surface area contributed by atoms with Crippen molar-refractivity contribution >= 4 is 17.4 Å². The first-order valence-electron chi connectivity index (χ1n) is 8.01. The number of para-hydroxylation sites is 1. The minimum absolute atomic E-state index is 0.203. The van der Waals surface area contributed by atoms with Crippen molar-refractivity contribution in [1.29, 1.82) is 0 Å². The number of carbonyl (C=O) groups is 1. The van der Waals surface area contributed by atoms with Gasteiger partial charge in [0, 0.05) is 44.5 Å². The van der Waals surface area contributed by atoms with Crippen LogP contribution in [0.1, 0.15) is 12.0 Å². The lowest BCUT2D eigenvalue weighted by molar-refractivity contribution is -0.131. The van der Waals surface area contributed by atoms with Gasteiger partial charge < -0.3 is 15.5 Å². The molecule has 5 nitrogen and oxygen atoms in total. The van der Waals surface area contributed by atoms with E-state index in [4.69, 9.17) is 5.73 Å². The number of aryl methyl sites for hydroxylation is 1. The Morgan fingerprint density at radius 1 is 1.04 bits per heavy atom. The normalized spacial score (nSPS) is 14.8. The second-order valence-electron chi connectivity index (χ2n) is 5.75. The van der Waals surface area contributed by atoms with Gasteiger partial charge in [0.2, 0.25) is 5.91 Å². The van der Waals surface area contributed by atoms with Crippen LogP contribution < -0.4 is 10.6 Å². The SMILES string of the molecule is Nc1ccccc1CCC(=O)N1CCN(c2ccccn2)CC1. The van der Waals surface area contributed by atoms with E-state index in [-0.39, 0.29) is 5.91 Å². The average molecular weight is 310 g/mol. The summed E-state index contributed by atoms with van der Waals surface area (Å²) in [7, 11) is 0. The van der Waals surface area contributed by atoms with Gasteiger partial charge in [-0.3, -0.25) is 4.79 Å². The van der Waals surface area contributed by atoms with Crippen LogP contribution >= 0.6 is 0 Å². The van der Waals surface area contributed by atoms with Crippen molar-refractivity contribution in [2.75, 3.05) is 36.8 Å². The molecule has 0 aliphatic carbocycles. The molecule has 1 fully saturated rings. The highest BCUT2D eigenvalue weighted by atomic mass is 16.2. The molecular weight excluding hydrogens is 288 g/mol. The van der Waals surface area contributed by atoms with E-state index in [9.17, 15) is 4.79 Å². The van der Waals surface area contributed by atoms with Crippen LogP contribution in [0.25, 0.3) is 0 Å². The summed E-state index contributed by atoms with van der Waals surface area (Å²) in [6.45, 7) is 3.16. The van der Waals surface area contributed by atoms with Crippen molar-refractivity contribution in [2.45, 2.75) is 12.8 Å². The molecule has 23 heavy (non-hydrogen) atoms. The highest BCUT2D eigenvalue weighted by Gasteiger charge is 2.21. The monoisotopic (exact) mass is 310 g/mol. The summed E-state index contributed by atoms with van der Waals surface area (Å²) in [5.41, 5.74) is 7.74. The largest absolute Gasteiger partial charge is 0.399 e.